The van der Waals surface area contributed by atoms with Gasteiger partial charge in [-0.15, -0.1) is 0 Å². The minimum absolute atomic E-state index is 0.0421. The van der Waals surface area contributed by atoms with Crippen molar-refractivity contribution in [2.24, 2.45) is 5.92 Å². The van der Waals surface area contributed by atoms with Gasteiger partial charge >= 0.3 is 5.97 Å². The van der Waals surface area contributed by atoms with E-state index in [2.05, 4.69) is 17.6 Å². The number of methoxy groups -OCH3 is 2. The molecule has 7 heteroatoms. The van der Waals surface area contributed by atoms with Crippen molar-refractivity contribution in [3.8, 4) is 11.5 Å². The molecule has 0 unspecified atom stereocenters. The molecular formula is C20H26N2O4S. The maximum Gasteiger partial charge on any atom is 0.338 e. The van der Waals surface area contributed by atoms with Crippen LogP contribution in [0, 0.1) is 5.92 Å². The van der Waals surface area contributed by atoms with Crippen molar-refractivity contribution in [1.82, 2.24) is 10.6 Å². The summed E-state index contributed by atoms with van der Waals surface area (Å²) in [7, 11) is 3.20. The smallest absolute Gasteiger partial charge is 0.338 e. The Bertz CT molecular complexity index is 777. The van der Waals surface area contributed by atoms with Crippen molar-refractivity contribution in [3.63, 3.8) is 0 Å². The van der Waals surface area contributed by atoms with Crippen LogP contribution in [0.25, 0.3) is 0 Å². The minimum atomic E-state index is -0.479. The van der Waals surface area contributed by atoms with E-state index < -0.39 is 6.04 Å². The van der Waals surface area contributed by atoms with Crippen molar-refractivity contribution >= 4 is 23.3 Å². The number of esters is 1. The van der Waals surface area contributed by atoms with E-state index in [1.807, 2.05) is 25.1 Å². The van der Waals surface area contributed by atoms with E-state index in [9.17, 15) is 4.79 Å². The molecule has 6 nitrogen and oxygen atoms in total. The third-order valence-electron chi connectivity index (χ3n) is 5.28. The Hall–Kier alpha value is -2.28. The predicted octanol–water partition coefficient (Wildman–Crippen LogP) is 3.23. The Morgan fingerprint density at radius 2 is 2.00 bits per heavy atom. The van der Waals surface area contributed by atoms with Crippen LogP contribution in [0.1, 0.15) is 44.7 Å². The number of nitrogens with one attached hydrogen (secondary N) is 2. The number of hydrogen-bond acceptors (Lipinski definition) is 5. The second-order valence-corrected chi connectivity index (χ2v) is 7.44. The van der Waals surface area contributed by atoms with E-state index in [-0.39, 0.29) is 12.1 Å². The summed E-state index contributed by atoms with van der Waals surface area (Å²) in [5.41, 5.74) is 1.96. The average Bonchev–Trinajstić information content (AvgIpc) is 3.04. The third kappa shape index (κ3) is 4.03. The van der Waals surface area contributed by atoms with Crippen molar-refractivity contribution in [1.29, 1.82) is 0 Å². The second kappa shape index (κ2) is 8.17. The quantitative estimate of drug-likeness (QED) is 0.591. The molecule has 146 valence electrons. The molecule has 2 N–H and O–H groups in total. The zero-order valence-corrected chi connectivity index (χ0v) is 16.9. The molecule has 0 bridgehead atoms. The zero-order chi connectivity index (χ0) is 19.6. The highest BCUT2D eigenvalue weighted by Crippen LogP contribution is 2.37. The van der Waals surface area contributed by atoms with Gasteiger partial charge in [0.1, 0.15) is 17.6 Å². The molecule has 1 fully saturated rings. The van der Waals surface area contributed by atoms with Crippen LogP contribution in [-0.2, 0) is 9.53 Å². The van der Waals surface area contributed by atoms with Gasteiger partial charge in [0, 0.05) is 11.3 Å². The number of carbonyl (C=O) groups is 1. The van der Waals surface area contributed by atoms with E-state index in [4.69, 9.17) is 26.4 Å². The largest absolute Gasteiger partial charge is 0.497 e. The van der Waals surface area contributed by atoms with Gasteiger partial charge in [0.15, 0.2) is 5.11 Å². The Balaban J connectivity index is 1.98. The summed E-state index contributed by atoms with van der Waals surface area (Å²) in [6.45, 7) is 3.96. The highest BCUT2D eigenvalue weighted by Gasteiger charge is 2.35. The van der Waals surface area contributed by atoms with Crippen molar-refractivity contribution < 1.29 is 19.0 Å². The Morgan fingerprint density at radius 3 is 2.63 bits per heavy atom. The van der Waals surface area contributed by atoms with Gasteiger partial charge in [0.25, 0.3) is 0 Å². The van der Waals surface area contributed by atoms with Crippen LogP contribution < -0.4 is 20.1 Å². The first-order chi connectivity index (χ1) is 12.9. The third-order valence-corrected chi connectivity index (χ3v) is 5.50. The molecule has 3 atom stereocenters. The number of carbonyl (C=O) groups excluding carboxylic acids is 1. The molecule has 1 aliphatic carbocycles. The number of benzene rings is 1. The standard InChI is InChI=1S/C20H26N2O4S/c1-11-6-5-7-15(11)26-19(23)17-12(2)21-20(27)22-18(17)14-10-13(24-3)8-9-16(14)25-4/h8-11,15,18H,5-7H2,1-4H3,(H2,21,22,27)/t11-,15+,18+/m0/s1. The van der Waals surface area contributed by atoms with Gasteiger partial charge in [0.05, 0.1) is 25.8 Å². The first kappa shape index (κ1) is 19.5. The highest BCUT2D eigenvalue weighted by atomic mass is 32.1. The molecule has 1 aromatic carbocycles. The van der Waals surface area contributed by atoms with Crippen molar-refractivity contribution in [3.05, 3.63) is 35.0 Å². The maximum atomic E-state index is 13.1. The summed E-state index contributed by atoms with van der Waals surface area (Å²) in [4.78, 5) is 13.1. The summed E-state index contributed by atoms with van der Waals surface area (Å²) in [5, 5.41) is 6.67. The minimum Gasteiger partial charge on any atom is -0.497 e. The van der Waals surface area contributed by atoms with Crippen LogP contribution in [0.2, 0.25) is 0 Å². The number of thiocarbonyl (C=S) groups is 1. The maximum absolute atomic E-state index is 13.1. The average molecular weight is 391 g/mol. The first-order valence-electron chi connectivity index (χ1n) is 9.15. The van der Waals surface area contributed by atoms with Gasteiger partial charge in [0.2, 0.25) is 0 Å². The van der Waals surface area contributed by atoms with E-state index >= 15 is 0 Å². The Morgan fingerprint density at radius 1 is 1.22 bits per heavy atom. The Labute approximate surface area is 165 Å². The van der Waals surface area contributed by atoms with Crippen LogP contribution in [0.15, 0.2) is 29.5 Å². The lowest BCUT2D eigenvalue weighted by molar-refractivity contribution is -0.146. The molecule has 3 rings (SSSR count). The van der Waals surface area contributed by atoms with E-state index in [1.54, 1.807) is 14.2 Å². The summed E-state index contributed by atoms with van der Waals surface area (Å²) < 4.78 is 16.7. The molecule has 0 amide bonds. The first-order valence-corrected chi connectivity index (χ1v) is 9.56. The summed E-state index contributed by atoms with van der Waals surface area (Å²) in [6.07, 6.45) is 3.04. The lowest BCUT2D eigenvalue weighted by atomic mass is 9.94. The van der Waals surface area contributed by atoms with Crippen LogP contribution in [0.4, 0.5) is 0 Å². The second-order valence-electron chi connectivity index (χ2n) is 7.03. The molecular weight excluding hydrogens is 364 g/mol. The summed E-state index contributed by atoms with van der Waals surface area (Å²) in [5.74, 6) is 1.37. The molecule has 1 saturated carbocycles. The van der Waals surface area contributed by atoms with Crippen LogP contribution in [0.3, 0.4) is 0 Å². The van der Waals surface area contributed by atoms with E-state index in [1.165, 1.54) is 0 Å². The van der Waals surface area contributed by atoms with Gasteiger partial charge in [-0.2, -0.15) is 0 Å². The fraction of sp³-hybridized carbons (Fsp3) is 0.500. The molecule has 2 aliphatic rings. The monoisotopic (exact) mass is 390 g/mol. The van der Waals surface area contributed by atoms with Crippen LogP contribution in [-0.4, -0.2) is 31.4 Å². The molecule has 0 spiro atoms. The molecule has 1 aliphatic heterocycles. The fourth-order valence-electron chi connectivity index (χ4n) is 3.75. The SMILES string of the molecule is COc1ccc(OC)c([C@H]2NC(=S)NC(C)=C2C(=O)O[C@@H]2CCC[C@@H]2C)c1. The number of hydrogen-bond donors (Lipinski definition) is 2. The van der Waals surface area contributed by atoms with Crippen LogP contribution in [0.5, 0.6) is 11.5 Å². The normalized spacial score (nSPS) is 24.9. The highest BCUT2D eigenvalue weighted by molar-refractivity contribution is 7.80. The zero-order valence-electron chi connectivity index (χ0n) is 16.1. The van der Waals surface area contributed by atoms with Gasteiger partial charge in [-0.25, -0.2) is 4.79 Å². The number of allylic oxidation sites excluding steroid dienone is 1. The summed E-state index contributed by atoms with van der Waals surface area (Å²) >= 11 is 5.32. The van der Waals surface area contributed by atoms with Gasteiger partial charge in [-0.3, -0.25) is 0 Å². The fourth-order valence-corrected chi connectivity index (χ4v) is 4.02. The number of ether oxygens (including phenoxy) is 3. The van der Waals surface area contributed by atoms with Gasteiger partial charge in [-0.1, -0.05) is 6.92 Å². The van der Waals surface area contributed by atoms with Crippen molar-refractivity contribution in [2.45, 2.75) is 45.3 Å². The van der Waals surface area contributed by atoms with E-state index in [0.717, 1.165) is 24.8 Å². The molecule has 1 heterocycles. The van der Waals surface area contributed by atoms with Crippen molar-refractivity contribution in [2.75, 3.05) is 14.2 Å². The van der Waals surface area contributed by atoms with Gasteiger partial charge < -0.3 is 24.8 Å². The topological polar surface area (TPSA) is 68.8 Å². The lowest BCUT2D eigenvalue weighted by Gasteiger charge is -2.31. The summed E-state index contributed by atoms with van der Waals surface area (Å²) in [6, 6.07) is 5.01. The van der Waals surface area contributed by atoms with Gasteiger partial charge in [-0.05, 0) is 62.5 Å². The lowest BCUT2D eigenvalue weighted by Crippen LogP contribution is -2.45. The molecule has 1 aromatic rings. The molecule has 27 heavy (non-hydrogen) atoms. The molecule has 0 radical (unpaired) electrons. The predicted molar refractivity (Wildman–Crippen MR) is 107 cm³/mol. The van der Waals surface area contributed by atoms with Crippen LogP contribution >= 0.6 is 12.2 Å². The molecule has 0 saturated heterocycles. The van der Waals surface area contributed by atoms with E-state index in [0.29, 0.717) is 33.8 Å². The number of rotatable bonds is 5. The Kier molecular flexibility index (Phi) is 5.89. The molecule has 0 aromatic heterocycles.